The van der Waals surface area contributed by atoms with Gasteiger partial charge in [-0.05, 0) is 24.1 Å². The Hall–Kier alpha value is -3.25. The van der Waals surface area contributed by atoms with Crippen molar-refractivity contribution in [1.82, 2.24) is 15.0 Å². The molecule has 1 aliphatic heterocycles. The number of hydrogen-bond donors (Lipinski definition) is 1. The molecule has 162 valence electrons. The predicted molar refractivity (Wildman–Crippen MR) is 120 cm³/mol. The molecule has 1 aromatic carbocycles. The van der Waals surface area contributed by atoms with Crippen LogP contribution in [-0.4, -0.2) is 38.7 Å². The van der Waals surface area contributed by atoms with Gasteiger partial charge in [-0.2, -0.15) is 0 Å². The summed E-state index contributed by atoms with van der Waals surface area (Å²) in [6, 6.07) is 6.44. The Morgan fingerprint density at radius 2 is 2.16 bits per heavy atom. The van der Waals surface area contributed by atoms with E-state index < -0.39 is 18.0 Å². The number of ether oxygens (including phenoxy) is 1. The highest BCUT2D eigenvalue weighted by Crippen LogP contribution is 2.58. The van der Waals surface area contributed by atoms with Gasteiger partial charge in [-0.3, -0.25) is 0 Å². The fraction of sp³-hybridized carbons (Fsp3) is 0.304. The van der Waals surface area contributed by atoms with Gasteiger partial charge >= 0.3 is 0 Å². The van der Waals surface area contributed by atoms with Crippen LogP contribution in [0.4, 0.5) is 8.78 Å². The summed E-state index contributed by atoms with van der Waals surface area (Å²) in [5.41, 5.74) is 7.55. The maximum Gasteiger partial charge on any atom is 0.155 e. The highest BCUT2D eigenvalue weighted by molar-refractivity contribution is 8.14. The first kappa shape index (κ1) is 20.6. The lowest BCUT2D eigenvalue weighted by Crippen LogP contribution is -2.36. The van der Waals surface area contributed by atoms with Crippen molar-refractivity contribution >= 4 is 28.0 Å². The van der Waals surface area contributed by atoms with E-state index in [1.54, 1.807) is 24.4 Å². The number of aromatic nitrogens is 3. The van der Waals surface area contributed by atoms with Gasteiger partial charge in [0.1, 0.15) is 42.2 Å². The summed E-state index contributed by atoms with van der Waals surface area (Å²) in [4.78, 5) is 17.4. The van der Waals surface area contributed by atoms with Gasteiger partial charge in [-0.15, -0.1) is 6.42 Å². The Bertz CT molecular complexity index is 1280. The highest BCUT2D eigenvalue weighted by atomic mass is 32.2. The van der Waals surface area contributed by atoms with E-state index in [4.69, 9.17) is 16.9 Å². The number of halogens is 2. The molecule has 32 heavy (non-hydrogen) atoms. The fourth-order valence-electron chi connectivity index (χ4n) is 4.24. The normalized spacial score (nSPS) is 23.8. The number of thioether (sulfide) groups is 1. The van der Waals surface area contributed by atoms with Crippen LogP contribution < -0.4 is 10.5 Å². The van der Waals surface area contributed by atoms with Crippen molar-refractivity contribution in [3.63, 3.8) is 0 Å². The number of alkyl halides is 1. The number of hydrogen-bond acceptors (Lipinski definition) is 7. The van der Waals surface area contributed by atoms with Crippen molar-refractivity contribution in [2.75, 3.05) is 13.3 Å². The largest absolute Gasteiger partial charge is 0.479 e. The van der Waals surface area contributed by atoms with Gasteiger partial charge in [-0.1, -0.05) is 23.7 Å². The van der Waals surface area contributed by atoms with Crippen LogP contribution in [0.2, 0.25) is 0 Å². The van der Waals surface area contributed by atoms with E-state index in [9.17, 15) is 8.78 Å². The summed E-state index contributed by atoms with van der Waals surface area (Å²) in [6.45, 7) is -0.665. The molecule has 3 aromatic rings. The van der Waals surface area contributed by atoms with Crippen molar-refractivity contribution < 1.29 is 13.5 Å². The topological polar surface area (TPSA) is 86.3 Å². The van der Waals surface area contributed by atoms with Crippen molar-refractivity contribution in [2.24, 2.45) is 16.6 Å². The summed E-state index contributed by atoms with van der Waals surface area (Å²) in [7, 11) is 0. The van der Waals surface area contributed by atoms with Gasteiger partial charge in [0.2, 0.25) is 0 Å². The standard InChI is InChI=1S/C23H19F2N5OS/c1-2-5-31-14-8-19-21(27-10-14)18(28-12-29-19)7-13-3-4-17(25)15(6-13)23(11-24)16-9-20(16)32-22(26)30-23/h1,3-4,6,8,10,12,16,20H,5,7,9,11H2,(H2,26,30)/t16-,20+,23-/m1/s1. The lowest BCUT2D eigenvalue weighted by atomic mass is 9.85. The number of fused-ring (bicyclic) bond motifs is 2. The second kappa shape index (κ2) is 8.02. The Labute approximate surface area is 187 Å². The zero-order chi connectivity index (χ0) is 22.3. The minimum atomic E-state index is -1.27. The molecule has 3 heterocycles. The molecule has 2 aliphatic rings. The Morgan fingerprint density at radius 3 is 2.97 bits per heavy atom. The van der Waals surface area contributed by atoms with Crippen LogP contribution in [0.3, 0.4) is 0 Å². The van der Waals surface area contributed by atoms with E-state index in [1.165, 1.54) is 24.2 Å². The Balaban J connectivity index is 1.50. The zero-order valence-electron chi connectivity index (χ0n) is 17.0. The van der Waals surface area contributed by atoms with E-state index >= 15 is 0 Å². The Kier molecular flexibility index (Phi) is 5.18. The second-order valence-corrected chi connectivity index (χ2v) is 9.11. The van der Waals surface area contributed by atoms with Crippen LogP contribution >= 0.6 is 11.8 Å². The summed E-state index contributed by atoms with van der Waals surface area (Å²) < 4.78 is 34.6. The first-order valence-corrected chi connectivity index (χ1v) is 10.9. The quantitative estimate of drug-likeness (QED) is 0.579. The molecule has 0 saturated heterocycles. The highest BCUT2D eigenvalue weighted by Gasteiger charge is 2.58. The smallest absolute Gasteiger partial charge is 0.155 e. The molecular formula is C23H19F2N5OS. The van der Waals surface area contributed by atoms with E-state index in [-0.39, 0.29) is 23.3 Å². The minimum Gasteiger partial charge on any atom is -0.479 e. The van der Waals surface area contributed by atoms with Crippen LogP contribution in [0, 0.1) is 24.1 Å². The molecule has 6 nitrogen and oxygen atoms in total. The molecule has 0 radical (unpaired) electrons. The molecule has 0 amide bonds. The molecule has 0 spiro atoms. The van der Waals surface area contributed by atoms with Crippen LogP contribution in [0.5, 0.6) is 5.75 Å². The summed E-state index contributed by atoms with van der Waals surface area (Å²) in [5, 5.41) is 0.493. The number of terminal acetylenes is 1. The summed E-state index contributed by atoms with van der Waals surface area (Å²) in [5.74, 6) is 2.37. The molecule has 1 fully saturated rings. The molecule has 5 rings (SSSR count). The zero-order valence-corrected chi connectivity index (χ0v) is 17.8. The molecule has 0 bridgehead atoms. The fourth-order valence-corrected chi connectivity index (χ4v) is 5.46. The number of pyridine rings is 1. The third kappa shape index (κ3) is 3.54. The second-order valence-electron chi connectivity index (χ2n) is 7.85. The van der Waals surface area contributed by atoms with Gasteiger partial charge in [0, 0.05) is 29.2 Å². The third-order valence-electron chi connectivity index (χ3n) is 5.85. The maximum atomic E-state index is 14.9. The van der Waals surface area contributed by atoms with Crippen molar-refractivity contribution in [1.29, 1.82) is 0 Å². The average molecular weight is 452 g/mol. The van der Waals surface area contributed by atoms with Crippen LogP contribution in [0.15, 0.2) is 41.8 Å². The van der Waals surface area contributed by atoms with Crippen molar-refractivity contribution in [2.45, 2.75) is 23.6 Å². The first-order valence-electron chi connectivity index (χ1n) is 10.1. The van der Waals surface area contributed by atoms with Gasteiger partial charge in [0.05, 0.1) is 17.4 Å². The van der Waals surface area contributed by atoms with Gasteiger partial charge < -0.3 is 10.5 Å². The number of aliphatic imine (C=N–C) groups is 1. The molecule has 0 unspecified atom stereocenters. The maximum absolute atomic E-state index is 14.9. The summed E-state index contributed by atoms with van der Waals surface area (Å²) in [6.07, 6.45) is 9.37. The van der Waals surface area contributed by atoms with E-state index in [1.807, 2.05) is 0 Å². The predicted octanol–water partition coefficient (Wildman–Crippen LogP) is 3.38. The molecule has 1 aliphatic carbocycles. The van der Waals surface area contributed by atoms with Gasteiger partial charge in [0.25, 0.3) is 0 Å². The average Bonchev–Trinajstić information content (AvgIpc) is 3.58. The SMILES string of the molecule is C#CCOc1cnc2c(Cc3ccc(F)c([C@@]4(CF)N=C(N)S[C@H]5C[C@H]54)c3)ncnc2c1. The molecule has 1 saturated carbocycles. The first-order chi connectivity index (χ1) is 15.5. The number of nitrogens with zero attached hydrogens (tertiary/aromatic N) is 4. The molecule has 2 N–H and O–H groups in total. The number of amidine groups is 1. The lowest BCUT2D eigenvalue weighted by molar-refractivity contribution is 0.271. The van der Waals surface area contributed by atoms with Crippen molar-refractivity contribution in [3.8, 4) is 18.1 Å². The molecule has 3 atom stereocenters. The van der Waals surface area contributed by atoms with E-state index in [2.05, 4.69) is 25.9 Å². The molecule has 2 aromatic heterocycles. The number of benzene rings is 1. The monoisotopic (exact) mass is 451 g/mol. The van der Waals surface area contributed by atoms with Crippen LogP contribution in [-0.2, 0) is 12.0 Å². The molecular weight excluding hydrogens is 432 g/mol. The van der Waals surface area contributed by atoms with E-state index in [0.29, 0.717) is 34.1 Å². The van der Waals surface area contributed by atoms with Gasteiger partial charge in [0.15, 0.2) is 5.17 Å². The molecule has 9 heteroatoms. The van der Waals surface area contributed by atoms with E-state index in [0.717, 1.165) is 12.0 Å². The number of nitrogens with two attached hydrogens (primary N) is 1. The van der Waals surface area contributed by atoms with Gasteiger partial charge in [-0.25, -0.2) is 28.7 Å². The Morgan fingerprint density at radius 1 is 1.28 bits per heavy atom. The number of rotatable bonds is 6. The van der Waals surface area contributed by atoms with Crippen LogP contribution in [0.25, 0.3) is 11.0 Å². The van der Waals surface area contributed by atoms with Crippen LogP contribution in [0.1, 0.15) is 23.2 Å². The lowest BCUT2D eigenvalue weighted by Gasteiger charge is -2.31. The van der Waals surface area contributed by atoms with Crippen molar-refractivity contribution in [3.05, 3.63) is 59.4 Å². The minimum absolute atomic E-state index is 0.0578. The third-order valence-corrected chi connectivity index (χ3v) is 7.00. The summed E-state index contributed by atoms with van der Waals surface area (Å²) >= 11 is 1.44.